The third-order valence-corrected chi connectivity index (χ3v) is 1.38. The van der Waals surface area contributed by atoms with E-state index in [2.05, 4.69) is 4.99 Å². The van der Waals surface area contributed by atoms with Gasteiger partial charge in [-0.2, -0.15) is 0 Å². The Bertz CT molecular complexity index is 160. The fourth-order valence-electron chi connectivity index (χ4n) is 0.584. The summed E-state index contributed by atoms with van der Waals surface area (Å²) in [6, 6.07) is 0. The van der Waals surface area contributed by atoms with E-state index in [0.29, 0.717) is 0 Å². The zero-order valence-corrected chi connectivity index (χ0v) is 5.57. The van der Waals surface area contributed by atoms with Crippen molar-refractivity contribution in [3.05, 3.63) is 12.3 Å². The second-order valence-corrected chi connectivity index (χ2v) is 2.20. The van der Waals surface area contributed by atoms with Gasteiger partial charge in [-0.1, -0.05) is 0 Å². The Kier molecular flexibility index (Phi) is 1.29. The Labute approximate surface area is 54.3 Å². The molecule has 1 atom stereocenters. The molecule has 50 valence electrons. The lowest BCUT2D eigenvalue weighted by Gasteiger charge is -2.30. The molecule has 1 rings (SSSR count). The van der Waals surface area contributed by atoms with Gasteiger partial charge in [0.1, 0.15) is 0 Å². The van der Waals surface area contributed by atoms with Gasteiger partial charge in [0, 0.05) is 26.4 Å². The minimum Gasteiger partial charge on any atom is -0.353 e. The SMILES string of the molecule is CN1C=CC=NC1(C)O. The van der Waals surface area contributed by atoms with Crippen molar-refractivity contribution < 1.29 is 5.11 Å². The highest BCUT2D eigenvalue weighted by molar-refractivity contribution is 5.72. The van der Waals surface area contributed by atoms with E-state index in [4.69, 9.17) is 0 Å². The molecule has 0 bridgehead atoms. The minimum atomic E-state index is -1.05. The zero-order chi connectivity index (χ0) is 6.91. The fraction of sp³-hybridized carbons (Fsp3) is 0.500. The van der Waals surface area contributed by atoms with Crippen LogP contribution >= 0.6 is 0 Å². The Hall–Kier alpha value is -0.830. The summed E-state index contributed by atoms with van der Waals surface area (Å²) in [5.41, 5.74) is 0. The first kappa shape index (κ1) is 6.29. The average molecular weight is 126 g/mol. The molecular weight excluding hydrogens is 116 g/mol. The molecule has 1 heterocycles. The summed E-state index contributed by atoms with van der Waals surface area (Å²) in [5, 5.41) is 9.32. The summed E-state index contributed by atoms with van der Waals surface area (Å²) in [7, 11) is 1.77. The van der Waals surface area contributed by atoms with E-state index in [1.54, 1.807) is 37.4 Å². The lowest BCUT2D eigenvalue weighted by atomic mass is 10.4. The number of nitrogens with zero attached hydrogens (tertiary/aromatic N) is 2. The van der Waals surface area contributed by atoms with Gasteiger partial charge in [-0.15, -0.1) is 0 Å². The molecule has 0 aliphatic carbocycles. The van der Waals surface area contributed by atoms with E-state index >= 15 is 0 Å². The van der Waals surface area contributed by atoms with Gasteiger partial charge in [0.15, 0.2) is 0 Å². The van der Waals surface area contributed by atoms with Crippen molar-refractivity contribution >= 4 is 6.21 Å². The molecule has 0 aromatic heterocycles. The van der Waals surface area contributed by atoms with Crippen LogP contribution in [0.3, 0.4) is 0 Å². The maximum absolute atomic E-state index is 9.32. The molecular formula is C6H10N2O. The van der Waals surface area contributed by atoms with Crippen molar-refractivity contribution in [1.29, 1.82) is 0 Å². The first-order valence-electron chi connectivity index (χ1n) is 2.80. The summed E-state index contributed by atoms with van der Waals surface area (Å²) < 4.78 is 0. The summed E-state index contributed by atoms with van der Waals surface area (Å²) in [6.45, 7) is 1.63. The molecule has 3 heteroatoms. The number of allylic oxidation sites excluding steroid dienone is 1. The maximum atomic E-state index is 9.32. The van der Waals surface area contributed by atoms with Crippen LogP contribution in [0.1, 0.15) is 6.92 Å². The Morgan fingerprint density at radius 2 is 2.33 bits per heavy atom. The predicted octanol–water partition coefficient (Wildman–Crippen LogP) is 0.182. The Morgan fingerprint density at radius 3 is 2.67 bits per heavy atom. The third kappa shape index (κ3) is 1.10. The highest BCUT2D eigenvalue weighted by atomic mass is 16.3. The monoisotopic (exact) mass is 126 g/mol. The van der Waals surface area contributed by atoms with E-state index in [0.717, 1.165) is 0 Å². The molecule has 0 aromatic carbocycles. The van der Waals surface area contributed by atoms with Gasteiger partial charge in [-0.3, -0.25) is 0 Å². The quantitative estimate of drug-likeness (QED) is 0.502. The second kappa shape index (κ2) is 1.84. The summed E-state index contributed by atoms with van der Waals surface area (Å²) in [4.78, 5) is 5.44. The molecule has 0 saturated heterocycles. The van der Waals surface area contributed by atoms with E-state index in [9.17, 15) is 5.11 Å². The number of hydrogen-bond acceptors (Lipinski definition) is 3. The molecule has 0 radical (unpaired) electrons. The molecule has 0 amide bonds. The van der Waals surface area contributed by atoms with E-state index in [1.807, 2.05) is 0 Å². The molecule has 1 N–H and O–H groups in total. The second-order valence-electron chi connectivity index (χ2n) is 2.20. The average Bonchev–Trinajstić information content (AvgIpc) is 1.77. The fourth-order valence-corrected chi connectivity index (χ4v) is 0.584. The van der Waals surface area contributed by atoms with Crippen LogP contribution in [-0.4, -0.2) is 29.1 Å². The Balaban J connectivity index is 2.78. The number of hydrogen-bond donors (Lipinski definition) is 1. The number of rotatable bonds is 0. The van der Waals surface area contributed by atoms with Crippen LogP contribution in [0, 0.1) is 0 Å². The van der Waals surface area contributed by atoms with Crippen LogP contribution in [-0.2, 0) is 0 Å². The summed E-state index contributed by atoms with van der Waals surface area (Å²) in [5.74, 6) is -1.05. The van der Waals surface area contributed by atoms with Crippen LogP contribution < -0.4 is 0 Å². The lowest BCUT2D eigenvalue weighted by molar-refractivity contribution is -0.0456. The molecule has 1 unspecified atom stereocenters. The van der Waals surface area contributed by atoms with Crippen LogP contribution in [0.25, 0.3) is 0 Å². The lowest BCUT2D eigenvalue weighted by Crippen LogP contribution is -2.39. The largest absolute Gasteiger partial charge is 0.353 e. The van der Waals surface area contributed by atoms with Crippen LogP contribution in [0.5, 0.6) is 0 Å². The van der Waals surface area contributed by atoms with Crippen LogP contribution in [0.4, 0.5) is 0 Å². The van der Waals surface area contributed by atoms with Gasteiger partial charge in [-0.25, -0.2) is 4.99 Å². The first-order valence-corrected chi connectivity index (χ1v) is 2.80. The first-order chi connectivity index (χ1) is 4.13. The van der Waals surface area contributed by atoms with Gasteiger partial charge >= 0.3 is 0 Å². The van der Waals surface area contributed by atoms with Gasteiger partial charge < -0.3 is 10.0 Å². The van der Waals surface area contributed by atoms with Gasteiger partial charge in [-0.05, 0) is 6.08 Å². The van der Waals surface area contributed by atoms with Crippen molar-refractivity contribution in [1.82, 2.24) is 4.90 Å². The van der Waals surface area contributed by atoms with Crippen molar-refractivity contribution in [2.24, 2.45) is 4.99 Å². The number of aliphatic hydroxyl groups is 1. The highest BCUT2D eigenvalue weighted by Crippen LogP contribution is 2.12. The van der Waals surface area contributed by atoms with Crippen LogP contribution in [0.15, 0.2) is 17.3 Å². The predicted molar refractivity (Wildman–Crippen MR) is 36.0 cm³/mol. The molecule has 1 aliphatic rings. The van der Waals surface area contributed by atoms with E-state index in [1.165, 1.54) is 0 Å². The summed E-state index contributed by atoms with van der Waals surface area (Å²) >= 11 is 0. The van der Waals surface area contributed by atoms with Crippen LogP contribution in [0.2, 0.25) is 0 Å². The highest BCUT2D eigenvalue weighted by Gasteiger charge is 2.22. The van der Waals surface area contributed by atoms with Crippen molar-refractivity contribution in [2.45, 2.75) is 12.8 Å². The molecule has 0 saturated carbocycles. The maximum Gasteiger partial charge on any atom is 0.232 e. The van der Waals surface area contributed by atoms with E-state index in [-0.39, 0.29) is 0 Å². The van der Waals surface area contributed by atoms with Crippen molar-refractivity contribution in [2.75, 3.05) is 7.05 Å². The molecule has 0 aromatic rings. The Morgan fingerprint density at radius 1 is 1.67 bits per heavy atom. The third-order valence-electron chi connectivity index (χ3n) is 1.38. The molecule has 3 nitrogen and oxygen atoms in total. The topological polar surface area (TPSA) is 35.8 Å². The molecule has 9 heavy (non-hydrogen) atoms. The van der Waals surface area contributed by atoms with Gasteiger partial charge in [0.25, 0.3) is 0 Å². The number of aliphatic imine (C=N–C) groups is 1. The van der Waals surface area contributed by atoms with Gasteiger partial charge in [0.2, 0.25) is 5.85 Å². The van der Waals surface area contributed by atoms with Crippen molar-refractivity contribution in [3.8, 4) is 0 Å². The molecule has 1 aliphatic heterocycles. The van der Waals surface area contributed by atoms with Gasteiger partial charge in [0.05, 0.1) is 0 Å². The standard InChI is InChI=1S/C6H10N2O/c1-6(9)7-4-3-5-8(6)2/h3-5,9H,1-2H3. The van der Waals surface area contributed by atoms with Crippen molar-refractivity contribution in [3.63, 3.8) is 0 Å². The van der Waals surface area contributed by atoms with E-state index < -0.39 is 5.85 Å². The smallest absolute Gasteiger partial charge is 0.232 e. The molecule has 0 spiro atoms. The zero-order valence-electron chi connectivity index (χ0n) is 5.57. The normalized spacial score (nSPS) is 33.4. The molecule has 0 fully saturated rings. The minimum absolute atomic E-state index is 1.05. The summed E-state index contributed by atoms with van der Waals surface area (Å²) in [6.07, 6.45) is 5.13.